The second kappa shape index (κ2) is 7.19. The van der Waals surface area contributed by atoms with Gasteiger partial charge in [-0.3, -0.25) is 9.59 Å². The van der Waals surface area contributed by atoms with E-state index in [2.05, 4.69) is 9.47 Å². The molecule has 94 valence electrons. The molecule has 0 bridgehead atoms. The zero-order valence-electron chi connectivity index (χ0n) is 10.1. The van der Waals surface area contributed by atoms with Gasteiger partial charge in [-0.1, -0.05) is 13.8 Å². The fraction of sp³-hybridized carbons (Fsp3) is 0.800. The van der Waals surface area contributed by atoms with Gasteiger partial charge in [0.2, 0.25) is 0 Å². The molecule has 6 nitrogen and oxygen atoms in total. The van der Waals surface area contributed by atoms with Crippen molar-refractivity contribution >= 4 is 11.9 Å². The Balaban J connectivity index is 4.03. The quantitative estimate of drug-likeness (QED) is 0.525. The van der Waals surface area contributed by atoms with Gasteiger partial charge in [0.25, 0.3) is 0 Å². The van der Waals surface area contributed by atoms with Crippen LogP contribution in [0.4, 0.5) is 0 Å². The highest BCUT2D eigenvalue weighted by atomic mass is 16.5. The van der Waals surface area contributed by atoms with Crippen LogP contribution < -0.4 is 0 Å². The lowest BCUT2D eigenvalue weighted by atomic mass is 10.1. The Labute approximate surface area is 95.1 Å². The molecule has 0 aromatic rings. The Kier molecular flexibility index (Phi) is 6.67. The van der Waals surface area contributed by atoms with E-state index in [0.29, 0.717) is 0 Å². The van der Waals surface area contributed by atoms with E-state index in [9.17, 15) is 14.8 Å². The fourth-order valence-electron chi connectivity index (χ4n) is 1.26. The van der Waals surface area contributed by atoms with E-state index >= 15 is 0 Å². The number of methoxy groups -OCH3 is 2. The number of ether oxygens (including phenoxy) is 2. The van der Waals surface area contributed by atoms with E-state index in [4.69, 9.17) is 0 Å². The van der Waals surface area contributed by atoms with E-state index in [1.807, 2.05) is 0 Å². The molecule has 0 rings (SSSR count). The Morgan fingerprint density at radius 2 is 1.38 bits per heavy atom. The van der Waals surface area contributed by atoms with Crippen molar-refractivity contribution in [2.24, 2.45) is 11.8 Å². The van der Waals surface area contributed by atoms with E-state index in [1.165, 1.54) is 14.2 Å². The minimum Gasteiger partial charge on any atom is -0.469 e. The molecular weight excluding hydrogens is 214 g/mol. The summed E-state index contributed by atoms with van der Waals surface area (Å²) in [7, 11) is 2.58. The molecule has 0 radical (unpaired) electrons. The minimum absolute atomic E-state index is 0.119. The lowest BCUT2D eigenvalue weighted by Gasteiger charge is -2.20. The molecule has 1 N–H and O–H groups in total. The average Bonchev–Trinajstić information content (AvgIpc) is 2.26. The molecule has 0 fully saturated rings. The minimum atomic E-state index is -0.445. The molecule has 6 heteroatoms. The van der Waals surface area contributed by atoms with Crippen molar-refractivity contribution in [3.63, 3.8) is 0 Å². The number of hydrogen-bond donors (Lipinski definition) is 1. The smallest absolute Gasteiger partial charge is 0.309 e. The molecule has 0 aliphatic rings. The van der Waals surface area contributed by atoms with Crippen molar-refractivity contribution in [2.75, 3.05) is 27.3 Å². The topological polar surface area (TPSA) is 76.1 Å². The molecule has 0 aromatic heterocycles. The first-order valence-corrected chi connectivity index (χ1v) is 5.01. The van der Waals surface area contributed by atoms with Crippen LogP contribution in [0, 0.1) is 11.8 Å². The third-order valence-electron chi connectivity index (χ3n) is 2.18. The molecule has 0 aromatic carbocycles. The second-order valence-electron chi connectivity index (χ2n) is 3.72. The molecule has 0 aliphatic carbocycles. The Bertz CT molecular complexity index is 219. The number of esters is 2. The van der Waals surface area contributed by atoms with Crippen LogP contribution in [-0.4, -0.2) is 49.5 Å². The second-order valence-corrected chi connectivity index (χ2v) is 3.72. The summed E-state index contributed by atoms with van der Waals surface area (Å²) in [6.07, 6.45) is 0. The summed E-state index contributed by atoms with van der Waals surface area (Å²) < 4.78 is 9.04. The largest absolute Gasteiger partial charge is 0.469 e. The van der Waals surface area contributed by atoms with Crippen molar-refractivity contribution < 1.29 is 24.3 Å². The normalized spacial score (nSPS) is 14.4. The van der Waals surface area contributed by atoms with Gasteiger partial charge in [-0.25, -0.2) is 0 Å². The summed E-state index contributed by atoms with van der Waals surface area (Å²) >= 11 is 0. The SMILES string of the molecule is COC(=O)C(C)CN(O)CC(C)C(=O)OC. The van der Waals surface area contributed by atoms with Crippen LogP contribution in [0.3, 0.4) is 0 Å². The van der Waals surface area contributed by atoms with Gasteiger partial charge < -0.3 is 14.7 Å². The van der Waals surface area contributed by atoms with Crippen LogP contribution in [-0.2, 0) is 19.1 Å². The number of nitrogens with zero attached hydrogens (tertiary/aromatic N) is 1. The molecule has 2 atom stereocenters. The van der Waals surface area contributed by atoms with Crippen LogP contribution in [0.5, 0.6) is 0 Å². The van der Waals surface area contributed by atoms with Gasteiger partial charge in [-0.15, -0.1) is 0 Å². The third-order valence-corrected chi connectivity index (χ3v) is 2.18. The molecule has 0 saturated carbocycles. The lowest BCUT2D eigenvalue weighted by molar-refractivity contribution is -0.159. The molecule has 0 amide bonds. The van der Waals surface area contributed by atoms with Crippen LogP contribution in [0.25, 0.3) is 0 Å². The monoisotopic (exact) mass is 233 g/mol. The van der Waals surface area contributed by atoms with E-state index < -0.39 is 23.8 Å². The van der Waals surface area contributed by atoms with Crippen molar-refractivity contribution in [1.82, 2.24) is 5.06 Å². The van der Waals surface area contributed by atoms with E-state index in [-0.39, 0.29) is 13.1 Å². The van der Waals surface area contributed by atoms with Gasteiger partial charge in [0.15, 0.2) is 0 Å². The molecule has 16 heavy (non-hydrogen) atoms. The van der Waals surface area contributed by atoms with E-state index in [1.54, 1.807) is 13.8 Å². The Morgan fingerprint density at radius 3 is 1.62 bits per heavy atom. The Hall–Kier alpha value is -1.14. The summed E-state index contributed by atoms with van der Waals surface area (Å²) in [5.74, 6) is -1.69. The zero-order valence-corrected chi connectivity index (χ0v) is 10.1. The lowest BCUT2D eigenvalue weighted by Crippen LogP contribution is -2.35. The van der Waals surface area contributed by atoms with Gasteiger partial charge in [0.05, 0.1) is 26.1 Å². The molecule has 2 unspecified atom stereocenters. The highest BCUT2D eigenvalue weighted by molar-refractivity contribution is 5.72. The maximum atomic E-state index is 11.1. The Morgan fingerprint density at radius 1 is 1.06 bits per heavy atom. The maximum Gasteiger partial charge on any atom is 0.309 e. The number of carbonyl (C=O) groups is 2. The number of hydroxylamine groups is 2. The van der Waals surface area contributed by atoms with Crippen LogP contribution in [0.1, 0.15) is 13.8 Å². The van der Waals surface area contributed by atoms with Gasteiger partial charge >= 0.3 is 11.9 Å². The van der Waals surface area contributed by atoms with Crippen LogP contribution in [0.15, 0.2) is 0 Å². The van der Waals surface area contributed by atoms with Crippen LogP contribution >= 0.6 is 0 Å². The average molecular weight is 233 g/mol. The van der Waals surface area contributed by atoms with Gasteiger partial charge in [0.1, 0.15) is 0 Å². The summed E-state index contributed by atoms with van der Waals surface area (Å²) in [6.45, 7) is 3.51. The molecule has 0 heterocycles. The number of carbonyl (C=O) groups excluding carboxylic acids is 2. The highest BCUT2D eigenvalue weighted by Gasteiger charge is 2.21. The zero-order chi connectivity index (χ0) is 12.7. The van der Waals surface area contributed by atoms with Crippen molar-refractivity contribution in [1.29, 1.82) is 0 Å². The first kappa shape index (κ1) is 14.9. The third kappa shape index (κ3) is 5.09. The summed E-state index contributed by atoms with van der Waals surface area (Å²) in [5.41, 5.74) is 0. The fourth-order valence-corrected chi connectivity index (χ4v) is 1.26. The summed E-state index contributed by atoms with van der Waals surface area (Å²) in [5, 5.41) is 10.4. The first-order chi connectivity index (χ1) is 7.42. The molecule has 0 spiro atoms. The predicted molar refractivity (Wildman–Crippen MR) is 55.7 cm³/mol. The summed E-state index contributed by atoms with van der Waals surface area (Å²) in [4.78, 5) is 22.1. The molecule has 0 saturated heterocycles. The first-order valence-electron chi connectivity index (χ1n) is 5.01. The maximum absolute atomic E-state index is 11.1. The number of rotatable bonds is 6. The molecular formula is C10H19NO5. The van der Waals surface area contributed by atoms with Gasteiger partial charge in [-0.05, 0) is 0 Å². The molecule has 0 aliphatic heterocycles. The van der Waals surface area contributed by atoms with Crippen molar-refractivity contribution in [2.45, 2.75) is 13.8 Å². The standard InChI is InChI=1S/C10H19NO5/c1-7(9(12)15-3)5-11(14)6-8(2)10(13)16-4/h7-8,14H,5-6H2,1-4H3. The highest BCUT2D eigenvalue weighted by Crippen LogP contribution is 2.05. The predicted octanol–water partition coefficient (Wildman–Crippen LogP) is 0.296. The van der Waals surface area contributed by atoms with Gasteiger partial charge in [0, 0.05) is 13.1 Å². The number of hydrogen-bond acceptors (Lipinski definition) is 6. The van der Waals surface area contributed by atoms with Crippen LogP contribution in [0.2, 0.25) is 0 Å². The summed E-state index contributed by atoms with van der Waals surface area (Å²) in [6, 6.07) is 0. The van der Waals surface area contributed by atoms with E-state index in [0.717, 1.165) is 5.06 Å². The van der Waals surface area contributed by atoms with Gasteiger partial charge in [-0.2, -0.15) is 5.06 Å². The van der Waals surface area contributed by atoms with Crippen molar-refractivity contribution in [3.05, 3.63) is 0 Å². The van der Waals surface area contributed by atoms with Crippen molar-refractivity contribution in [3.8, 4) is 0 Å².